The highest BCUT2D eigenvalue weighted by molar-refractivity contribution is 5.53. The topological polar surface area (TPSA) is 26.0 Å². The number of alkyl halides is 3. The van der Waals surface area contributed by atoms with Gasteiger partial charge in [0, 0.05) is 5.56 Å². The van der Waals surface area contributed by atoms with Crippen LogP contribution in [0.15, 0.2) is 6.07 Å². The lowest BCUT2D eigenvalue weighted by Crippen LogP contribution is -2.17. The van der Waals surface area contributed by atoms with Crippen LogP contribution in [0.3, 0.4) is 0 Å². The predicted molar refractivity (Wildman–Crippen MR) is 63.9 cm³/mol. The average Bonchev–Trinajstić information content (AvgIpc) is 2.24. The Labute approximate surface area is 104 Å². The minimum atomic E-state index is -4.56. The quantitative estimate of drug-likeness (QED) is 0.624. The van der Waals surface area contributed by atoms with E-state index in [9.17, 15) is 17.6 Å². The third-order valence-electron chi connectivity index (χ3n) is 3.20. The van der Waals surface area contributed by atoms with E-state index < -0.39 is 23.5 Å². The molecule has 18 heavy (non-hydrogen) atoms. The molecule has 1 aromatic carbocycles. The van der Waals surface area contributed by atoms with Crippen molar-refractivity contribution in [2.75, 3.05) is 5.73 Å². The van der Waals surface area contributed by atoms with Gasteiger partial charge in [-0.3, -0.25) is 0 Å². The van der Waals surface area contributed by atoms with Gasteiger partial charge in [0.1, 0.15) is 5.82 Å². The second kappa shape index (κ2) is 5.16. The molecule has 0 aliphatic carbocycles. The first-order valence-electron chi connectivity index (χ1n) is 5.89. The van der Waals surface area contributed by atoms with Gasteiger partial charge in [0.15, 0.2) is 0 Å². The molecule has 0 bridgehead atoms. The van der Waals surface area contributed by atoms with Gasteiger partial charge in [-0.1, -0.05) is 13.8 Å². The summed E-state index contributed by atoms with van der Waals surface area (Å²) >= 11 is 0. The SMILES string of the molecule is CCC(CC)c1c(F)c(N)cc(C)c1C(F)(F)F. The molecule has 0 aliphatic rings. The summed E-state index contributed by atoms with van der Waals surface area (Å²) in [4.78, 5) is 0. The highest BCUT2D eigenvalue weighted by Crippen LogP contribution is 2.42. The highest BCUT2D eigenvalue weighted by atomic mass is 19.4. The largest absolute Gasteiger partial charge is 0.417 e. The molecule has 1 nitrogen and oxygen atoms in total. The number of nitrogen functional groups attached to an aromatic ring is 1. The van der Waals surface area contributed by atoms with Crippen LogP contribution in [-0.4, -0.2) is 0 Å². The van der Waals surface area contributed by atoms with Crippen LogP contribution in [0.2, 0.25) is 0 Å². The Morgan fingerprint density at radius 1 is 1.22 bits per heavy atom. The van der Waals surface area contributed by atoms with Gasteiger partial charge in [0.2, 0.25) is 0 Å². The van der Waals surface area contributed by atoms with E-state index in [1.165, 1.54) is 6.92 Å². The first kappa shape index (κ1) is 14.8. The highest BCUT2D eigenvalue weighted by Gasteiger charge is 2.38. The Hall–Kier alpha value is -1.26. The summed E-state index contributed by atoms with van der Waals surface area (Å²) in [5, 5.41) is 0. The molecule has 0 atom stereocenters. The molecule has 1 aromatic rings. The molecule has 0 saturated carbocycles. The molecule has 0 aliphatic heterocycles. The maximum atomic E-state index is 14.0. The lowest BCUT2D eigenvalue weighted by atomic mass is 9.86. The molecular weight excluding hydrogens is 246 g/mol. The molecule has 1 rings (SSSR count). The third-order valence-corrected chi connectivity index (χ3v) is 3.20. The number of halogens is 4. The minimum absolute atomic E-state index is 0.0247. The van der Waals surface area contributed by atoms with Crippen LogP contribution in [0.25, 0.3) is 0 Å². The Balaban J connectivity index is 3.63. The van der Waals surface area contributed by atoms with Crippen molar-refractivity contribution in [2.24, 2.45) is 0 Å². The zero-order valence-electron chi connectivity index (χ0n) is 10.7. The lowest BCUT2D eigenvalue weighted by Gasteiger charge is -2.23. The molecule has 102 valence electrons. The van der Waals surface area contributed by atoms with E-state index in [-0.39, 0.29) is 16.8 Å². The predicted octanol–water partition coefficient (Wildman–Crippen LogP) is 4.64. The van der Waals surface area contributed by atoms with Crippen LogP contribution in [0, 0.1) is 12.7 Å². The molecule has 5 heteroatoms. The lowest BCUT2D eigenvalue weighted by molar-refractivity contribution is -0.139. The van der Waals surface area contributed by atoms with E-state index in [4.69, 9.17) is 5.73 Å². The Kier molecular flexibility index (Phi) is 4.24. The summed E-state index contributed by atoms with van der Waals surface area (Å²) < 4.78 is 53.1. The van der Waals surface area contributed by atoms with Gasteiger partial charge >= 0.3 is 6.18 Å². The summed E-state index contributed by atoms with van der Waals surface area (Å²) in [7, 11) is 0. The van der Waals surface area contributed by atoms with Gasteiger partial charge in [0.05, 0.1) is 11.3 Å². The van der Waals surface area contributed by atoms with Gasteiger partial charge in [-0.2, -0.15) is 13.2 Å². The van der Waals surface area contributed by atoms with Crippen molar-refractivity contribution in [3.8, 4) is 0 Å². The number of rotatable bonds is 3. The number of hydrogen-bond donors (Lipinski definition) is 1. The van der Waals surface area contributed by atoms with Crippen LogP contribution in [0.4, 0.5) is 23.2 Å². The molecule has 0 fully saturated rings. The molecule has 0 heterocycles. The summed E-state index contributed by atoms with van der Waals surface area (Å²) in [6.07, 6.45) is -3.67. The Morgan fingerprint density at radius 3 is 2.11 bits per heavy atom. The first-order valence-corrected chi connectivity index (χ1v) is 5.89. The molecule has 0 aromatic heterocycles. The zero-order chi connectivity index (χ0) is 14.1. The fourth-order valence-electron chi connectivity index (χ4n) is 2.30. The third kappa shape index (κ3) is 2.60. The normalized spacial score (nSPS) is 12.2. The number of anilines is 1. The monoisotopic (exact) mass is 263 g/mol. The summed E-state index contributed by atoms with van der Waals surface area (Å²) in [5.41, 5.74) is 4.03. The zero-order valence-corrected chi connectivity index (χ0v) is 10.7. The second-order valence-electron chi connectivity index (χ2n) is 4.40. The van der Waals surface area contributed by atoms with Crippen LogP contribution in [0.1, 0.15) is 49.3 Å². The van der Waals surface area contributed by atoms with Crippen LogP contribution < -0.4 is 5.73 Å². The van der Waals surface area contributed by atoms with Gasteiger partial charge in [-0.15, -0.1) is 0 Å². The van der Waals surface area contributed by atoms with E-state index in [1.807, 2.05) is 0 Å². The van der Waals surface area contributed by atoms with Crippen molar-refractivity contribution < 1.29 is 17.6 Å². The van der Waals surface area contributed by atoms with E-state index in [1.54, 1.807) is 13.8 Å². The molecular formula is C13H17F4N. The van der Waals surface area contributed by atoms with Crippen molar-refractivity contribution >= 4 is 5.69 Å². The second-order valence-corrected chi connectivity index (χ2v) is 4.40. The standard InChI is InChI=1S/C13H17F4N/c1-4-8(5-2)10-11(13(15,16)17)7(3)6-9(18)12(10)14/h6,8H,4-5,18H2,1-3H3. The van der Waals surface area contributed by atoms with E-state index >= 15 is 0 Å². The van der Waals surface area contributed by atoms with Gasteiger partial charge in [-0.05, 0) is 37.3 Å². The van der Waals surface area contributed by atoms with Crippen molar-refractivity contribution in [3.05, 3.63) is 28.6 Å². The number of aryl methyl sites for hydroxylation is 1. The van der Waals surface area contributed by atoms with E-state index in [2.05, 4.69) is 0 Å². The van der Waals surface area contributed by atoms with Gasteiger partial charge < -0.3 is 5.73 Å². The van der Waals surface area contributed by atoms with Crippen molar-refractivity contribution in [3.63, 3.8) is 0 Å². The molecule has 0 radical (unpaired) electrons. The molecule has 0 saturated heterocycles. The summed E-state index contributed by atoms with van der Waals surface area (Å²) in [5.74, 6) is -1.40. The van der Waals surface area contributed by atoms with Crippen molar-refractivity contribution in [1.82, 2.24) is 0 Å². The number of nitrogens with two attached hydrogens (primary N) is 1. The Morgan fingerprint density at radius 2 is 1.72 bits per heavy atom. The maximum absolute atomic E-state index is 14.0. The van der Waals surface area contributed by atoms with Crippen molar-refractivity contribution in [2.45, 2.75) is 45.7 Å². The minimum Gasteiger partial charge on any atom is -0.396 e. The fourth-order valence-corrected chi connectivity index (χ4v) is 2.30. The average molecular weight is 263 g/mol. The Bertz CT molecular complexity index is 434. The van der Waals surface area contributed by atoms with Gasteiger partial charge in [-0.25, -0.2) is 4.39 Å². The number of hydrogen-bond acceptors (Lipinski definition) is 1. The molecule has 2 N–H and O–H groups in total. The van der Waals surface area contributed by atoms with Gasteiger partial charge in [0.25, 0.3) is 0 Å². The summed E-state index contributed by atoms with van der Waals surface area (Å²) in [6, 6.07) is 1.05. The first-order chi connectivity index (χ1) is 8.23. The van der Waals surface area contributed by atoms with Crippen LogP contribution in [0.5, 0.6) is 0 Å². The smallest absolute Gasteiger partial charge is 0.396 e. The summed E-state index contributed by atoms with van der Waals surface area (Å²) in [6.45, 7) is 4.79. The fraction of sp³-hybridized carbons (Fsp3) is 0.538. The van der Waals surface area contributed by atoms with Crippen molar-refractivity contribution in [1.29, 1.82) is 0 Å². The molecule has 0 spiro atoms. The van der Waals surface area contributed by atoms with E-state index in [0.29, 0.717) is 12.8 Å². The number of benzene rings is 1. The van der Waals surface area contributed by atoms with E-state index in [0.717, 1.165) is 6.07 Å². The molecule has 0 amide bonds. The molecule has 0 unspecified atom stereocenters. The van der Waals surface area contributed by atoms with Crippen LogP contribution >= 0.6 is 0 Å². The maximum Gasteiger partial charge on any atom is 0.417 e. The van der Waals surface area contributed by atoms with Crippen LogP contribution in [-0.2, 0) is 6.18 Å².